The van der Waals surface area contributed by atoms with E-state index in [0.717, 1.165) is 15.2 Å². The smallest absolute Gasteiger partial charge is 0.257 e. The Kier molecular flexibility index (Phi) is 4.27. The van der Waals surface area contributed by atoms with Crippen LogP contribution in [0.1, 0.15) is 16.7 Å². The van der Waals surface area contributed by atoms with Gasteiger partial charge in [0.2, 0.25) is 0 Å². The number of fused-ring (bicyclic) bond motifs is 1. The number of aliphatic hydroxyl groups excluding tert-OH is 1. The number of aryl methyl sites for hydroxylation is 1. The monoisotopic (exact) mass is 328 g/mol. The summed E-state index contributed by atoms with van der Waals surface area (Å²) in [4.78, 5) is 16.6. The van der Waals surface area contributed by atoms with E-state index < -0.39 is 12.0 Å². The first-order chi connectivity index (χ1) is 11.1. The number of hydrogen-bond acceptors (Lipinski definition) is 5. The van der Waals surface area contributed by atoms with E-state index in [-0.39, 0.29) is 0 Å². The summed E-state index contributed by atoms with van der Waals surface area (Å²) >= 11 is 1.56. The third-order valence-corrected chi connectivity index (χ3v) is 4.35. The minimum absolute atomic E-state index is 0.483. The Balaban J connectivity index is 1.78. The highest BCUT2D eigenvalue weighted by Crippen LogP contribution is 2.26. The van der Waals surface area contributed by atoms with Crippen molar-refractivity contribution in [3.63, 3.8) is 0 Å². The summed E-state index contributed by atoms with van der Waals surface area (Å²) in [5.41, 5.74) is 2.02. The van der Waals surface area contributed by atoms with Crippen LogP contribution < -0.4 is 10.1 Å². The highest BCUT2D eigenvalue weighted by atomic mass is 32.1. The lowest BCUT2D eigenvalue weighted by molar-refractivity contribution is -0.124. The van der Waals surface area contributed by atoms with Crippen molar-refractivity contribution in [3.05, 3.63) is 53.0 Å². The van der Waals surface area contributed by atoms with Crippen LogP contribution in [0.2, 0.25) is 0 Å². The molecule has 3 rings (SSSR count). The van der Waals surface area contributed by atoms with Crippen LogP contribution in [0.5, 0.6) is 5.75 Å². The van der Waals surface area contributed by atoms with Gasteiger partial charge in [0.25, 0.3) is 5.91 Å². The Morgan fingerprint density at radius 2 is 2.13 bits per heavy atom. The maximum Gasteiger partial charge on any atom is 0.257 e. The average Bonchev–Trinajstić information content (AvgIpc) is 2.93. The second-order valence-electron chi connectivity index (χ2n) is 5.08. The van der Waals surface area contributed by atoms with Crippen molar-refractivity contribution in [1.29, 1.82) is 0 Å². The molecule has 0 bridgehead atoms. The van der Waals surface area contributed by atoms with E-state index in [1.165, 1.54) is 7.11 Å². The number of aliphatic hydroxyl groups is 1. The van der Waals surface area contributed by atoms with Crippen LogP contribution >= 0.6 is 11.3 Å². The molecule has 1 atom stereocenters. The van der Waals surface area contributed by atoms with Crippen molar-refractivity contribution in [2.75, 3.05) is 12.4 Å². The van der Waals surface area contributed by atoms with Gasteiger partial charge in [0.05, 0.1) is 22.3 Å². The first-order valence-electron chi connectivity index (χ1n) is 7.07. The van der Waals surface area contributed by atoms with Crippen molar-refractivity contribution in [3.8, 4) is 5.75 Å². The van der Waals surface area contributed by atoms with E-state index in [1.54, 1.807) is 41.7 Å². The van der Waals surface area contributed by atoms with Gasteiger partial charge in [0.15, 0.2) is 6.10 Å². The number of nitrogens with zero attached hydrogens (tertiary/aromatic N) is 1. The Hall–Kier alpha value is -2.44. The quantitative estimate of drug-likeness (QED) is 0.771. The normalized spacial score (nSPS) is 12.1. The van der Waals surface area contributed by atoms with E-state index in [9.17, 15) is 9.90 Å². The molecule has 0 aliphatic heterocycles. The van der Waals surface area contributed by atoms with Crippen LogP contribution in [0.4, 0.5) is 5.69 Å². The summed E-state index contributed by atoms with van der Waals surface area (Å²) in [6, 6.07) is 12.3. The van der Waals surface area contributed by atoms with Crippen LogP contribution in [0.25, 0.3) is 10.2 Å². The average molecular weight is 328 g/mol. The Labute approximate surface area is 137 Å². The van der Waals surface area contributed by atoms with Crippen molar-refractivity contribution in [1.82, 2.24) is 4.98 Å². The van der Waals surface area contributed by atoms with Gasteiger partial charge in [-0.2, -0.15) is 0 Å². The molecule has 118 valence electrons. The number of amides is 1. The number of methoxy groups -OCH3 is 1. The van der Waals surface area contributed by atoms with Crippen LogP contribution in [-0.2, 0) is 4.79 Å². The highest BCUT2D eigenvalue weighted by Gasteiger charge is 2.18. The van der Waals surface area contributed by atoms with E-state index in [0.29, 0.717) is 17.0 Å². The molecule has 0 saturated heterocycles. The lowest BCUT2D eigenvalue weighted by atomic mass is 10.1. The number of nitrogens with one attached hydrogen (secondary N) is 1. The molecule has 0 saturated carbocycles. The molecule has 0 radical (unpaired) electrons. The van der Waals surface area contributed by atoms with Gasteiger partial charge < -0.3 is 15.2 Å². The first kappa shape index (κ1) is 15.5. The fourth-order valence-corrected chi connectivity index (χ4v) is 3.16. The van der Waals surface area contributed by atoms with E-state index in [1.807, 2.05) is 19.1 Å². The minimum Gasteiger partial charge on any atom is -0.497 e. The number of aromatic nitrogens is 1. The molecule has 6 heteroatoms. The summed E-state index contributed by atoms with van der Waals surface area (Å²) in [5.74, 6) is 0.106. The minimum atomic E-state index is -1.26. The molecule has 2 aromatic carbocycles. The SMILES string of the molecule is COc1cccc(C(O)C(=O)Nc2ccc3nc(C)sc3c2)c1. The van der Waals surface area contributed by atoms with Gasteiger partial charge in [-0.1, -0.05) is 12.1 Å². The second-order valence-corrected chi connectivity index (χ2v) is 6.32. The maximum absolute atomic E-state index is 12.2. The third-order valence-electron chi connectivity index (χ3n) is 3.42. The Morgan fingerprint density at radius 3 is 2.91 bits per heavy atom. The van der Waals surface area contributed by atoms with Gasteiger partial charge in [0.1, 0.15) is 5.75 Å². The molecule has 1 unspecified atom stereocenters. The molecule has 0 aliphatic rings. The molecular formula is C17H16N2O3S. The van der Waals surface area contributed by atoms with Crippen LogP contribution in [0.3, 0.4) is 0 Å². The van der Waals surface area contributed by atoms with Crippen molar-refractivity contribution in [2.45, 2.75) is 13.0 Å². The van der Waals surface area contributed by atoms with Gasteiger partial charge >= 0.3 is 0 Å². The van der Waals surface area contributed by atoms with Gasteiger partial charge in [0, 0.05) is 5.69 Å². The van der Waals surface area contributed by atoms with E-state index >= 15 is 0 Å². The number of carbonyl (C=O) groups excluding carboxylic acids is 1. The predicted octanol–water partition coefficient (Wildman–Crippen LogP) is 3.29. The molecule has 1 amide bonds. The zero-order valence-corrected chi connectivity index (χ0v) is 13.6. The number of thiazole rings is 1. The number of carbonyl (C=O) groups is 1. The van der Waals surface area contributed by atoms with Gasteiger partial charge in [-0.3, -0.25) is 4.79 Å². The number of benzene rings is 2. The lowest BCUT2D eigenvalue weighted by Gasteiger charge is -2.12. The van der Waals surface area contributed by atoms with Gasteiger partial charge in [-0.05, 0) is 42.8 Å². The van der Waals surface area contributed by atoms with E-state index in [2.05, 4.69) is 10.3 Å². The molecule has 2 N–H and O–H groups in total. The zero-order chi connectivity index (χ0) is 16.4. The summed E-state index contributed by atoms with van der Waals surface area (Å²) in [6.45, 7) is 1.94. The Morgan fingerprint density at radius 1 is 1.30 bits per heavy atom. The highest BCUT2D eigenvalue weighted by molar-refractivity contribution is 7.18. The summed E-state index contributed by atoms with van der Waals surface area (Å²) in [6.07, 6.45) is -1.26. The van der Waals surface area contributed by atoms with E-state index in [4.69, 9.17) is 4.74 Å². The number of anilines is 1. The van der Waals surface area contributed by atoms with Crippen LogP contribution in [-0.4, -0.2) is 23.1 Å². The fourth-order valence-electron chi connectivity index (χ4n) is 2.29. The second kappa shape index (κ2) is 6.36. The summed E-state index contributed by atoms with van der Waals surface area (Å²) in [5, 5.41) is 13.9. The van der Waals surface area contributed by atoms with Crippen molar-refractivity contribution in [2.24, 2.45) is 0 Å². The Bertz CT molecular complexity index is 860. The summed E-state index contributed by atoms with van der Waals surface area (Å²) < 4.78 is 6.10. The topological polar surface area (TPSA) is 71.5 Å². The molecule has 1 aromatic heterocycles. The fraction of sp³-hybridized carbons (Fsp3) is 0.176. The lowest BCUT2D eigenvalue weighted by Crippen LogP contribution is -2.20. The molecule has 3 aromatic rings. The maximum atomic E-state index is 12.2. The molecular weight excluding hydrogens is 312 g/mol. The van der Waals surface area contributed by atoms with Crippen LogP contribution in [0, 0.1) is 6.92 Å². The standard InChI is InChI=1S/C17H16N2O3S/c1-10-18-14-7-6-12(9-15(14)23-10)19-17(21)16(20)11-4-3-5-13(8-11)22-2/h3-9,16,20H,1-2H3,(H,19,21). The van der Waals surface area contributed by atoms with Gasteiger partial charge in [-0.25, -0.2) is 4.98 Å². The molecule has 5 nitrogen and oxygen atoms in total. The molecule has 1 heterocycles. The molecule has 0 aliphatic carbocycles. The largest absolute Gasteiger partial charge is 0.497 e. The number of ether oxygens (including phenoxy) is 1. The predicted molar refractivity (Wildman–Crippen MR) is 90.9 cm³/mol. The number of hydrogen-bond donors (Lipinski definition) is 2. The third kappa shape index (κ3) is 3.33. The number of rotatable bonds is 4. The summed E-state index contributed by atoms with van der Waals surface area (Å²) in [7, 11) is 1.54. The zero-order valence-electron chi connectivity index (χ0n) is 12.7. The molecule has 23 heavy (non-hydrogen) atoms. The van der Waals surface area contributed by atoms with Gasteiger partial charge in [-0.15, -0.1) is 11.3 Å². The molecule has 0 spiro atoms. The van der Waals surface area contributed by atoms with Crippen molar-refractivity contribution >= 4 is 33.1 Å². The molecule has 0 fully saturated rings. The van der Waals surface area contributed by atoms with Crippen molar-refractivity contribution < 1.29 is 14.6 Å². The first-order valence-corrected chi connectivity index (χ1v) is 7.88. The van der Waals surface area contributed by atoms with Crippen LogP contribution in [0.15, 0.2) is 42.5 Å².